The summed E-state index contributed by atoms with van der Waals surface area (Å²) in [6, 6.07) is 4.47. The second-order valence-electron chi connectivity index (χ2n) is 5.27. The molecular formula is C16H18N2O5. The van der Waals surface area contributed by atoms with Crippen molar-refractivity contribution in [1.29, 1.82) is 0 Å². The molecule has 1 unspecified atom stereocenters. The summed E-state index contributed by atoms with van der Waals surface area (Å²) in [4.78, 5) is 25.9. The van der Waals surface area contributed by atoms with Crippen LogP contribution in [-0.2, 0) is 9.53 Å². The van der Waals surface area contributed by atoms with Gasteiger partial charge in [0, 0.05) is 12.7 Å². The van der Waals surface area contributed by atoms with Crippen LogP contribution < -0.4 is 14.8 Å². The highest BCUT2D eigenvalue weighted by Crippen LogP contribution is 2.37. The highest BCUT2D eigenvalue weighted by Gasteiger charge is 2.35. The Morgan fingerprint density at radius 3 is 2.87 bits per heavy atom. The first-order valence-electron chi connectivity index (χ1n) is 7.34. The minimum Gasteiger partial charge on any atom is -0.463 e. The number of hydrogen-bond donors (Lipinski definition) is 1. The van der Waals surface area contributed by atoms with Gasteiger partial charge in [0.15, 0.2) is 11.5 Å². The maximum atomic E-state index is 12.4. The molecule has 0 spiro atoms. The maximum absolute atomic E-state index is 12.4. The molecule has 0 radical (unpaired) electrons. The number of carbonyl (C=O) groups excluding carboxylic acids is 2. The molecule has 2 heterocycles. The van der Waals surface area contributed by atoms with Crippen LogP contribution in [0.1, 0.15) is 25.5 Å². The van der Waals surface area contributed by atoms with Crippen molar-refractivity contribution in [2.24, 2.45) is 0 Å². The number of esters is 1. The molecule has 0 aromatic heterocycles. The lowest BCUT2D eigenvalue weighted by Gasteiger charge is -2.33. The first-order chi connectivity index (χ1) is 11.0. The molecule has 23 heavy (non-hydrogen) atoms. The number of ether oxygens (including phenoxy) is 3. The summed E-state index contributed by atoms with van der Waals surface area (Å²) in [7, 11) is 1.61. The van der Waals surface area contributed by atoms with E-state index in [1.165, 1.54) is 4.90 Å². The van der Waals surface area contributed by atoms with E-state index in [1.54, 1.807) is 39.1 Å². The van der Waals surface area contributed by atoms with Crippen LogP contribution >= 0.6 is 0 Å². The minimum absolute atomic E-state index is 0.165. The SMILES string of the molecule is CCOC(=O)C1=C(C)N(C)C(=O)NC1c1ccc2c(c1)OCO2. The van der Waals surface area contributed by atoms with E-state index in [4.69, 9.17) is 14.2 Å². The molecule has 2 aliphatic rings. The van der Waals surface area contributed by atoms with Gasteiger partial charge in [0.2, 0.25) is 6.79 Å². The summed E-state index contributed by atoms with van der Waals surface area (Å²) >= 11 is 0. The van der Waals surface area contributed by atoms with E-state index >= 15 is 0 Å². The molecule has 2 amide bonds. The normalized spacial score (nSPS) is 19.7. The van der Waals surface area contributed by atoms with E-state index in [-0.39, 0.29) is 19.4 Å². The molecule has 122 valence electrons. The van der Waals surface area contributed by atoms with Crippen molar-refractivity contribution in [3.63, 3.8) is 0 Å². The molecule has 0 saturated carbocycles. The highest BCUT2D eigenvalue weighted by molar-refractivity contribution is 5.95. The number of urea groups is 1. The van der Waals surface area contributed by atoms with Gasteiger partial charge in [-0.2, -0.15) is 0 Å². The lowest BCUT2D eigenvalue weighted by Crippen LogP contribution is -2.46. The first-order valence-corrected chi connectivity index (χ1v) is 7.34. The number of hydrogen-bond acceptors (Lipinski definition) is 5. The zero-order chi connectivity index (χ0) is 16.6. The summed E-state index contributed by atoms with van der Waals surface area (Å²) < 4.78 is 15.8. The summed E-state index contributed by atoms with van der Waals surface area (Å²) in [6.45, 7) is 3.90. The number of fused-ring (bicyclic) bond motifs is 1. The highest BCUT2D eigenvalue weighted by atomic mass is 16.7. The Bertz CT molecular complexity index is 698. The third kappa shape index (κ3) is 2.58. The van der Waals surface area contributed by atoms with E-state index in [2.05, 4.69) is 5.32 Å². The lowest BCUT2D eigenvalue weighted by molar-refractivity contribution is -0.139. The molecular weight excluding hydrogens is 300 g/mol. The average molecular weight is 318 g/mol. The number of carbonyl (C=O) groups is 2. The average Bonchev–Trinajstić information content (AvgIpc) is 2.99. The fourth-order valence-electron chi connectivity index (χ4n) is 2.65. The molecule has 1 aromatic carbocycles. The molecule has 3 rings (SSSR count). The zero-order valence-electron chi connectivity index (χ0n) is 13.2. The van der Waals surface area contributed by atoms with Crippen molar-refractivity contribution < 1.29 is 23.8 Å². The van der Waals surface area contributed by atoms with Gasteiger partial charge in [-0.15, -0.1) is 0 Å². The fraction of sp³-hybridized carbons (Fsp3) is 0.375. The van der Waals surface area contributed by atoms with Crippen molar-refractivity contribution in [1.82, 2.24) is 10.2 Å². The summed E-state index contributed by atoms with van der Waals surface area (Å²) in [5.41, 5.74) is 1.71. The Kier molecular flexibility index (Phi) is 3.85. The van der Waals surface area contributed by atoms with Crippen LogP contribution in [0.15, 0.2) is 29.5 Å². The van der Waals surface area contributed by atoms with Crippen molar-refractivity contribution in [3.05, 3.63) is 35.0 Å². The van der Waals surface area contributed by atoms with E-state index < -0.39 is 12.0 Å². The second-order valence-corrected chi connectivity index (χ2v) is 5.27. The Labute approximate surface area is 133 Å². The van der Waals surface area contributed by atoms with Gasteiger partial charge in [-0.05, 0) is 31.5 Å². The molecule has 0 bridgehead atoms. The molecule has 0 saturated heterocycles. The largest absolute Gasteiger partial charge is 0.463 e. The van der Waals surface area contributed by atoms with Gasteiger partial charge in [0.05, 0.1) is 18.2 Å². The summed E-state index contributed by atoms with van der Waals surface area (Å²) in [5.74, 6) is 0.794. The van der Waals surface area contributed by atoms with Gasteiger partial charge in [0.25, 0.3) is 0 Å². The topological polar surface area (TPSA) is 77.1 Å². The molecule has 7 nitrogen and oxygen atoms in total. The zero-order valence-corrected chi connectivity index (χ0v) is 13.2. The Hall–Kier alpha value is -2.70. The van der Waals surface area contributed by atoms with Gasteiger partial charge >= 0.3 is 12.0 Å². The first kappa shape index (κ1) is 15.2. The summed E-state index contributed by atoms with van der Waals surface area (Å²) in [6.07, 6.45) is 0. The maximum Gasteiger partial charge on any atom is 0.338 e. The Balaban J connectivity index is 2.04. The van der Waals surface area contributed by atoms with E-state index in [0.717, 1.165) is 5.56 Å². The second kappa shape index (κ2) is 5.83. The summed E-state index contributed by atoms with van der Waals surface area (Å²) in [5, 5.41) is 2.83. The fourth-order valence-corrected chi connectivity index (χ4v) is 2.65. The Morgan fingerprint density at radius 1 is 1.39 bits per heavy atom. The van der Waals surface area contributed by atoms with Crippen LogP contribution in [0, 0.1) is 0 Å². The van der Waals surface area contributed by atoms with Gasteiger partial charge in [-0.1, -0.05) is 6.07 Å². The quantitative estimate of drug-likeness (QED) is 0.862. The number of allylic oxidation sites excluding steroid dienone is 1. The molecule has 0 fully saturated rings. The molecule has 1 N–H and O–H groups in total. The van der Waals surface area contributed by atoms with Crippen LogP contribution in [-0.4, -0.2) is 37.3 Å². The smallest absolute Gasteiger partial charge is 0.338 e. The van der Waals surface area contributed by atoms with Crippen molar-refractivity contribution in [2.45, 2.75) is 19.9 Å². The van der Waals surface area contributed by atoms with Crippen LogP contribution in [0.25, 0.3) is 0 Å². The van der Waals surface area contributed by atoms with E-state index in [9.17, 15) is 9.59 Å². The lowest BCUT2D eigenvalue weighted by atomic mass is 9.95. The number of amides is 2. The minimum atomic E-state index is -0.591. The van der Waals surface area contributed by atoms with Crippen molar-refractivity contribution >= 4 is 12.0 Å². The van der Waals surface area contributed by atoms with Crippen LogP contribution in [0.2, 0.25) is 0 Å². The van der Waals surface area contributed by atoms with Gasteiger partial charge < -0.3 is 24.4 Å². The molecule has 7 heteroatoms. The van der Waals surface area contributed by atoms with E-state index in [1.807, 2.05) is 0 Å². The third-order valence-corrected chi connectivity index (χ3v) is 3.98. The van der Waals surface area contributed by atoms with E-state index in [0.29, 0.717) is 22.8 Å². The molecule has 1 atom stereocenters. The molecule has 1 aromatic rings. The predicted octanol–water partition coefficient (Wildman–Crippen LogP) is 1.95. The third-order valence-electron chi connectivity index (χ3n) is 3.98. The number of nitrogens with zero attached hydrogens (tertiary/aromatic N) is 1. The van der Waals surface area contributed by atoms with Gasteiger partial charge in [-0.3, -0.25) is 0 Å². The molecule has 0 aliphatic carbocycles. The van der Waals surface area contributed by atoms with Crippen LogP contribution in [0.4, 0.5) is 4.79 Å². The number of benzene rings is 1. The van der Waals surface area contributed by atoms with Crippen LogP contribution in [0.5, 0.6) is 11.5 Å². The van der Waals surface area contributed by atoms with Crippen molar-refractivity contribution in [2.75, 3.05) is 20.4 Å². The number of rotatable bonds is 3. The standard InChI is InChI=1S/C16H18N2O5/c1-4-21-15(19)13-9(2)18(3)16(20)17-14(13)10-5-6-11-12(7-10)23-8-22-11/h5-7,14H,4,8H2,1-3H3,(H,17,20). The van der Waals surface area contributed by atoms with Crippen LogP contribution in [0.3, 0.4) is 0 Å². The predicted molar refractivity (Wildman–Crippen MR) is 80.9 cm³/mol. The monoisotopic (exact) mass is 318 g/mol. The van der Waals surface area contributed by atoms with Gasteiger partial charge in [0.1, 0.15) is 0 Å². The Morgan fingerprint density at radius 2 is 2.13 bits per heavy atom. The number of nitrogens with one attached hydrogen (secondary N) is 1. The van der Waals surface area contributed by atoms with Gasteiger partial charge in [-0.25, -0.2) is 9.59 Å². The van der Waals surface area contributed by atoms with Crippen molar-refractivity contribution in [3.8, 4) is 11.5 Å². The molecule has 2 aliphatic heterocycles.